The highest BCUT2D eigenvalue weighted by Gasteiger charge is 2.64. The fourth-order valence-electron chi connectivity index (χ4n) is 8.97. The number of rotatable bonds is 7. The second-order valence-electron chi connectivity index (χ2n) is 17.8. The molecule has 0 bridgehead atoms. The molecule has 5 aliphatic rings. The number of ether oxygens (including phenoxy) is 2. The summed E-state index contributed by atoms with van der Waals surface area (Å²) < 4.78 is 62.5. The van der Waals surface area contributed by atoms with E-state index in [1.165, 1.54) is 4.90 Å². The van der Waals surface area contributed by atoms with Crippen molar-refractivity contribution in [1.82, 2.24) is 29.0 Å². The number of fused-ring (bicyclic) bond motifs is 3. The highest BCUT2D eigenvalue weighted by Crippen LogP contribution is 2.47. The Hall–Kier alpha value is -4.23. The molecule has 332 valence electrons. The molecule has 2 N–H and O–H groups in total. The summed E-state index contributed by atoms with van der Waals surface area (Å²) in [5.74, 6) is -3.59. The predicted octanol–water partition coefficient (Wildman–Crippen LogP) is 3.21. The van der Waals surface area contributed by atoms with Crippen molar-refractivity contribution in [2.75, 3.05) is 45.2 Å². The number of nitrogens with zero attached hydrogens (tertiary/aromatic N) is 4. The molecule has 5 amide bonds. The topological polar surface area (TPSA) is 209 Å². The molecule has 1 saturated carbocycles. The summed E-state index contributed by atoms with van der Waals surface area (Å²) in [6.07, 6.45) is 8.50. The normalized spacial score (nSPS) is 28.7. The zero-order valence-corrected chi connectivity index (χ0v) is 36.9. The van der Waals surface area contributed by atoms with Gasteiger partial charge in [-0.3, -0.25) is 19.3 Å². The summed E-state index contributed by atoms with van der Waals surface area (Å²) in [5.41, 5.74) is -0.636. The SMILES string of the molecule is CC(C)(C)OC(=O)N[C@H]1CCCCC/C=C/[C@@H]2C[C@@]2(C(=O)N(S(C)(=O)=O)S(C)(=O)=O)NC(=O)C2C[C@@H](OC(=O)N3CCc4ccccc4[C@H]3CN3CCCCC3)CN2C1=O. The van der Waals surface area contributed by atoms with Gasteiger partial charge in [0.2, 0.25) is 31.9 Å². The summed E-state index contributed by atoms with van der Waals surface area (Å²) in [4.78, 5) is 75.9. The van der Waals surface area contributed by atoms with Gasteiger partial charge in [0.25, 0.3) is 5.91 Å². The second-order valence-corrected chi connectivity index (χ2v) is 21.7. The van der Waals surface area contributed by atoms with Crippen molar-refractivity contribution in [3.8, 4) is 0 Å². The van der Waals surface area contributed by atoms with Crippen LogP contribution in [0.3, 0.4) is 0 Å². The van der Waals surface area contributed by atoms with Gasteiger partial charge < -0.3 is 29.9 Å². The molecule has 4 heterocycles. The van der Waals surface area contributed by atoms with Crippen molar-refractivity contribution in [1.29, 1.82) is 0 Å². The fourth-order valence-corrected chi connectivity index (χ4v) is 11.9. The smallest absolute Gasteiger partial charge is 0.410 e. The maximum Gasteiger partial charge on any atom is 0.410 e. The quantitative estimate of drug-likeness (QED) is 0.379. The number of nitrogens with one attached hydrogen (secondary N) is 2. The summed E-state index contributed by atoms with van der Waals surface area (Å²) in [5, 5.41) is 5.35. The van der Waals surface area contributed by atoms with Gasteiger partial charge in [0, 0.05) is 25.4 Å². The van der Waals surface area contributed by atoms with Crippen LogP contribution >= 0.6 is 0 Å². The molecule has 1 aromatic rings. The fraction of sp³-hybridized carbons (Fsp3) is 0.683. The Labute approximate surface area is 353 Å². The van der Waals surface area contributed by atoms with Crippen LogP contribution in [0.15, 0.2) is 36.4 Å². The summed E-state index contributed by atoms with van der Waals surface area (Å²) in [6.45, 7) is 7.69. The van der Waals surface area contributed by atoms with Crippen LogP contribution in [0.25, 0.3) is 0 Å². The van der Waals surface area contributed by atoms with E-state index in [4.69, 9.17) is 9.47 Å². The number of benzene rings is 1. The van der Waals surface area contributed by atoms with Crippen molar-refractivity contribution in [2.45, 2.75) is 127 Å². The van der Waals surface area contributed by atoms with Gasteiger partial charge in [-0.1, -0.05) is 55.7 Å². The van der Waals surface area contributed by atoms with Gasteiger partial charge in [0.15, 0.2) is 0 Å². The van der Waals surface area contributed by atoms with Gasteiger partial charge >= 0.3 is 12.2 Å². The Morgan fingerprint density at radius 3 is 2.32 bits per heavy atom. The third-order valence-corrected chi connectivity index (χ3v) is 15.0. The number of piperidine rings is 1. The van der Waals surface area contributed by atoms with Crippen LogP contribution in [-0.2, 0) is 50.3 Å². The van der Waals surface area contributed by atoms with Crippen molar-refractivity contribution in [3.05, 3.63) is 47.5 Å². The van der Waals surface area contributed by atoms with Crippen LogP contribution in [0, 0.1) is 5.92 Å². The summed E-state index contributed by atoms with van der Waals surface area (Å²) in [7, 11) is -9.30. The lowest BCUT2D eigenvalue weighted by molar-refractivity contribution is -0.141. The van der Waals surface area contributed by atoms with Crippen LogP contribution in [0.4, 0.5) is 9.59 Å². The number of amides is 5. The molecule has 0 aromatic heterocycles. The average molecular weight is 877 g/mol. The Kier molecular flexibility index (Phi) is 13.6. The van der Waals surface area contributed by atoms with Crippen LogP contribution in [-0.4, -0.2) is 140 Å². The minimum absolute atomic E-state index is 0.0909. The van der Waals surface area contributed by atoms with Gasteiger partial charge in [0.1, 0.15) is 29.3 Å². The molecule has 17 nitrogen and oxygen atoms in total. The molecule has 2 saturated heterocycles. The number of carbonyl (C=O) groups is 5. The predicted molar refractivity (Wildman–Crippen MR) is 221 cm³/mol. The minimum Gasteiger partial charge on any atom is -0.444 e. The van der Waals surface area contributed by atoms with E-state index >= 15 is 0 Å². The highest BCUT2D eigenvalue weighted by atomic mass is 32.3. The molecule has 3 fully saturated rings. The number of hydrogen-bond acceptors (Lipinski definition) is 12. The Morgan fingerprint density at radius 1 is 0.950 bits per heavy atom. The van der Waals surface area contributed by atoms with E-state index in [1.807, 2.05) is 18.2 Å². The van der Waals surface area contributed by atoms with E-state index in [1.54, 1.807) is 37.8 Å². The van der Waals surface area contributed by atoms with Crippen LogP contribution < -0.4 is 10.6 Å². The number of alkyl carbamates (subject to hydrolysis) is 1. The standard InChI is InChI=1S/C41H60N6O11S2/c1-40(2,3)58-38(51)42-32-19-11-8-6-7-10-17-29-25-41(29,37(50)47(59(4,53)54)60(5,55)56)43-35(48)33-24-30(26-46(33)36(32)49)57-39(52)45-23-20-28-16-12-13-18-31(28)34(45)27-44-21-14-9-15-22-44/h10,12-13,16-18,29-30,32-34H,6-9,11,14-15,19-27H2,1-5H3,(H,42,51)(H,43,48)/b17-10+/t29-,30-,32+,33?,34-,41-/m1/s1. The molecule has 6 rings (SSSR count). The van der Waals surface area contributed by atoms with E-state index in [-0.39, 0.29) is 35.6 Å². The zero-order chi connectivity index (χ0) is 43.6. The van der Waals surface area contributed by atoms with Crippen molar-refractivity contribution < 1.29 is 50.3 Å². The summed E-state index contributed by atoms with van der Waals surface area (Å²) in [6, 6.07) is 5.25. The molecule has 60 heavy (non-hydrogen) atoms. The Balaban J connectivity index is 1.31. The van der Waals surface area contributed by atoms with Gasteiger partial charge in [0.05, 0.1) is 25.1 Å². The molecule has 1 aromatic carbocycles. The lowest BCUT2D eigenvalue weighted by Gasteiger charge is -2.40. The molecule has 6 atom stereocenters. The molecular weight excluding hydrogens is 817 g/mol. The number of hydrogen-bond donors (Lipinski definition) is 2. The first kappa shape index (κ1) is 45.3. The van der Waals surface area contributed by atoms with Crippen molar-refractivity contribution in [2.24, 2.45) is 5.92 Å². The van der Waals surface area contributed by atoms with Gasteiger partial charge in [-0.05, 0) is 89.9 Å². The average Bonchev–Trinajstić information content (AvgIpc) is 3.68. The van der Waals surface area contributed by atoms with E-state index in [0.29, 0.717) is 57.7 Å². The monoisotopic (exact) mass is 876 g/mol. The first-order chi connectivity index (χ1) is 28.2. The second kappa shape index (κ2) is 18.0. The first-order valence-electron chi connectivity index (χ1n) is 21.0. The van der Waals surface area contributed by atoms with Crippen molar-refractivity contribution >= 4 is 50.0 Å². The Morgan fingerprint density at radius 2 is 1.63 bits per heavy atom. The summed E-state index contributed by atoms with van der Waals surface area (Å²) >= 11 is 0. The van der Waals surface area contributed by atoms with Gasteiger partial charge in [-0.15, -0.1) is 3.71 Å². The molecule has 0 radical (unpaired) electrons. The van der Waals surface area contributed by atoms with Gasteiger partial charge in [-0.25, -0.2) is 26.4 Å². The first-order valence-corrected chi connectivity index (χ1v) is 24.7. The largest absolute Gasteiger partial charge is 0.444 e. The molecule has 19 heteroatoms. The lowest BCUT2D eigenvalue weighted by Crippen LogP contribution is -2.59. The number of carbonyl (C=O) groups excluding carboxylic acids is 5. The molecule has 4 aliphatic heterocycles. The highest BCUT2D eigenvalue weighted by molar-refractivity contribution is 8.04. The number of allylic oxidation sites excluding steroid dienone is 1. The van der Waals surface area contributed by atoms with Crippen LogP contribution in [0.1, 0.15) is 102 Å². The minimum atomic E-state index is -4.65. The molecule has 1 unspecified atom stereocenters. The van der Waals surface area contributed by atoms with E-state index in [9.17, 15) is 40.8 Å². The lowest BCUT2D eigenvalue weighted by atomic mass is 9.92. The molecular formula is C41H60N6O11S2. The maximum absolute atomic E-state index is 14.6. The van der Waals surface area contributed by atoms with Crippen molar-refractivity contribution in [3.63, 3.8) is 0 Å². The van der Waals surface area contributed by atoms with Crippen LogP contribution in [0.5, 0.6) is 0 Å². The third kappa shape index (κ3) is 10.6. The maximum atomic E-state index is 14.6. The number of likely N-dealkylation sites (tertiary alicyclic amines) is 1. The Bertz CT molecular complexity index is 2030. The van der Waals surface area contributed by atoms with Crippen LogP contribution in [0.2, 0.25) is 0 Å². The molecule has 1 aliphatic carbocycles. The van der Waals surface area contributed by atoms with E-state index in [0.717, 1.165) is 43.5 Å². The zero-order valence-electron chi connectivity index (χ0n) is 35.3. The van der Waals surface area contributed by atoms with E-state index < -0.39 is 85.2 Å². The van der Waals surface area contributed by atoms with E-state index in [2.05, 4.69) is 21.6 Å². The van der Waals surface area contributed by atoms with Gasteiger partial charge in [-0.2, -0.15) is 0 Å². The third-order valence-electron chi connectivity index (χ3n) is 11.9. The molecule has 0 spiro atoms. The number of sulfonamides is 2.